The summed E-state index contributed by atoms with van der Waals surface area (Å²) < 4.78 is 6.26. The van der Waals surface area contributed by atoms with Gasteiger partial charge in [-0.05, 0) is 77.1 Å². The molecule has 0 radical (unpaired) electrons. The molecular weight excluding hydrogens is 290 g/mol. The molecule has 0 aliphatic heterocycles. The van der Waals surface area contributed by atoms with Crippen LogP contribution in [0.4, 0.5) is 0 Å². The summed E-state index contributed by atoms with van der Waals surface area (Å²) in [5.74, 6) is 3.66. The van der Waals surface area contributed by atoms with Gasteiger partial charge in [-0.3, -0.25) is 0 Å². The average molecular weight is 310 g/mol. The highest BCUT2D eigenvalue weighted by atomic mass is 79.9. The van der Waals surface area contributed by atoms with Gasteiger partial charge in [-0.15, -0.1) is 0 Å². The van der Waals surface area contributed by atoms with E-state index in [-0.39, 0.29) is 0 Å². The normalized spacial score (nSPS) is 30.9. The van der Waals surface area contributed by atoms with E-state index in [1.54, 1.807) is 7.11 Å². The van der Waals surface area contributed by atoms with Crippen LogP contribution in [0.2, 0.25) is 0 Å². The first kappa shape index (κ1) is 12.5. The summed E-state index contributed by atoms with van der Waals surface area (Å²) >= 11 is 3.53. The lowest BCUT2D eigenvalue weighted by Crippen LogP contribution is -2.31. The van der Waals surface area contributed by atoms with E-state index in [0.29, 0.717) is 6.04 Å². The van der Waals surface area contributed by atoms with Gasteiger partial charge in [0.1, 0.15) is 5.75 Å². The highest BCUT2D eigenvalue weighted by molar-refractivity contribution is 9.10. The van der Waals surface area contributed by atoms with E-state index < -0.39 is 0 Å². The number of benzene rings is 1. The lowest BCUT2D eigenvalue weighted by molar-refractivity contribution is 0.391. The molecule has 2 aliphatic carbocycles. The Morgan fingerprint density at radius 2 is 2.06 bits per heavy atom. The second-order valence-corrected chi connectivity index (χ2v) is 6.68. The molecule has 1 aromatic rings. The van der Waals surface area contributed by atoms with Gasteiger partial charge in [-0.2, -0.15) is 0 Å². The zero-order valence-corrected chi connectivity index (χ0v) is 12.3. The average Bonchev–Trinajstić information content (AvgIpc) is 2.96. The van der Waals surface area contributed by atoms with Crippen molar-refractivity contribution >= 4 is 15.9 Å². The number of fused-ring (bicyclic) bond motifs is 1. The molecule has 0 spiro atoms. The molecule has 0 bridgehead atoms. The first-order chi connectivity index (χ1) is 8.67. The van der Waals surface area contributed by atoms with Crippen LogP contribution in [-0.2, 0) is 6.42 Å². The van der Waals surface area contributed by atoms with Gasteiger partial charge < -0.3 is 10.5 Å². The van der Waals surface area contributed by atoms with Gasteiger partial charge in [-0.1, -0.05) is 6.07 Å². The summed E-state index contributed by atoms with van der Waals surface area (Å²) in [6.45, 7) is 0. The van der Waals surface area contributed by atoms with Crippen LogP contribution in [0.15, 0.2) is 22.7 Å². The predicted octanol–water partition coefficient (Wildman–Crippen LogP) is 3.37. The quantitative estimate of drug-likeness (QED) is 0.925. The van der Waals surface area contributed by atoms with E-state index in [9.17, 15) is 0 Å². The van der Waals surface area contributed by atoms with E-state index in [2.05, 4.69) is 28.1 Å². The molecule has 2 nitrogen and oxygen atoms in total. The fourth-order valence-corrected chi connectivity index (χ4v) is 3.97. The Labute approximate surface area is 117 Å². The Kier molecular flexibility index (Phi) is 3.37. The highest BCUT2D eigenvalue weighted by Gasteiger charge is 2.47. The van der Waals surface area contributed by atoms with Crippen LogP contribution in [0.3, 0.4) is 0 Å². The number of ether oxygens (including phenoxy) is 1. The summed E-state index contributed by atoms with van der Waals surface area (Å²) in [6.07, 6.45) is 5.18. The van der Waals surface area contributed by atoms with E-state index in [1.807, 2.05) is 6.07 Å². The molecule has 3 unspecified atom stereocenters. The molecule has 1 aromatic carbocycles. The van der Waals surface area contributed by atoms with Crippen LogP contribution in [0.25, 0.3) is 0 Å². The molecule has 2 aliphatic rings. The third-order valence-electron chi connectivity index (χ3n) is 4.57. The van der Waals surface area contributed by atoms with E-state index in [0.717, 1.165) is 34.4 Å². The molecule has 2 fully saturated rings. The molecule has 0 amide bonds. The van der Waals surface area contributed by atoms with E-state index in [1.165, 1.54) is 24.8 Å². The van der Waals surface area contributed by atoms with Crippen LogP contribution >= 0.6 is 15.9 Å². The summed E-state index contributed by atoms with van der Waals surface area (Å²) in [5.41, 5.74) is 7.67. The SMILES string of the molecule is COc1ccc(CC(N)C2CC3CC3C2)cc1Br. The van der Waals surface area contributed by atoms with Crippen molar-refractivity contribution in [3.63, 3.8) is 0 Å². The summed E-state index contributed by atoms with van der Waals surface area (Å²) in [4.78, 5) is 0. The monoisotopic (exact) mass is 309 g/mol. The van der Waals surface area contributed by atoms with Crippen molar-refractivity contribution in [2.24, 2.45) is 23.5 Å². The zero-order chi connectivity index (χ0) is 12.7. The van der Waals surface area contributed by atoms with Gasteiger partial charge in [0.15, 0.2) is 0 Å². The van der Waals surface area contributed by atoms with E-state index >= 15 is 0 Å². The first-order valence-corrected chi connectivity index (χ1v) is 7.54. The van der Waals surface area contributed by atoms with Crippen molar-refractivity contribution in [2.75, 3.05) is 7.11 Å². The molecular formula is C15H20BrNO. The maximum Gasteiger partial charge on any atom is 0.133 e. The van der Waals surface area contributed by atoms with Crippen molar-refractivity contribution < 1.29 is 4.74 Å². The minimum Gasteiger partial charge on any atom is -0.496 e. The molecule has 0 saturated heterocycles. The zero-order valence-electron chi connectivity index (χ0n) is 10.7. The molecule has 18 heavy (non-hydrogen) atoms. The Morgan fingerprint density at radius 3 is 2.67 bits per heavy atom. The number of hydrogen-bond donors (Lipinski definition) is 1. The maximum absolute atomic E-state index is 6.37. The van der Waals surface area contributed by atoms with Crippen molar-refractivity contribution in [1.82, 2.24) is 0 Å². The Hall–Kier alpha value is -0.540. The molecule has 0 aromatic heterocycles. The summed E-state index contributed by atoms with van der Waals surface area (Å²) in [5, 5.41) is 0. The number of hydrogen-bond acceptors (Lipinski definition) is 2. The molecule has 2 saturated carbocycles. The van der Waals surface area contributed by atoms with Crippen molar-refractivity contribution in [3.8, 4) is 5.75 Å². The minimum atomic E-state index is 0.318. The van der Waals surface area contributed by atoms with Gasteiger partial charge in [0.05, 0.1) is 11.6 Å². The molecule has 98 valence electrons. The van der Waals surface area contributed by atoms with Crippen LogP contribution in [-0.4, -0.2) is 13.2 Å². The fraction of sp³-hybridized carbons (Fsp3) is 0.600. The number of halogens is 1. The van der Waals surface area contributed by atoms with Gasteiger partial charge >= 0.3 is 0 Å². The van der Waals surface area contributed by atoms with Gasteiger partial charge in [-0.25, -0.2) is 0 Å². The van der Waals surface area contributed by atoms with Gasteiger partial charge in [0.25, 0.3) is 0 Å². The fourth-order valence-electron chi connectivity index (χ4n) is 3.39. The topological polar surface area (TPSA) is 35.2 Å². The van der Waals surface area contributed by atoms with Crippen LogP contribution < -0.4 is 10.5 Å². The number of methoxy groups -OCH3 is 1. The summed E-state index contributed by atoms with van der Waals surface area (Å²) in [7, 11) is 1.69. The Balaban J connectivity index is 1.63. The first-order valence-electron chi connectivity index (χ1n) is 6.75. The standard InChI is InChI=1S/C15H20BrNO/c1-18-15-3-2-9(4-13(15)16)5-14(17)12-7-10-6-11(10)8-12/h2-4,10-12,14H,5-8,17H2,1H3. The Bertz CT molecular complexity index is 438. The third kappa shape index (κ3) is 2.43. The summed E-state index contributed by atoms with van der Waals surface area (Å²) in [6, 6.07) is 6.59. The number of rotatable bonds is 4. The molecule has 3 heteroatoms. The third-order valence-corrected chi connectivity index (χ3v) is 5.19. The lowest BCUT2D eigenvalue weighted by atomic mass is 9.90. The molecule has 3 atom stereocenters. The molecule has 3 rings (SSSR count). The van der Waals surface area contributed by atoms with E-state index in [4.69, 9.17) is 10.5 Å². The second-order valence-electron chi connectivity index (χ2n) is 5.82. The van der Waals surface area contributed by atoms with Crippen LogP contribution in [0.5, 0.6) is 5.75 Å². The minimum absolute atomic E-state index is 0.318. The van der Waals surface area contributed by atoms with Crippen molar-refractivity contribution in [1.29, 1.82) is 0 Å². The number of nitrogens with two attached hydrogens (primary N) is 1. The lowest BCUT2D eigenvalue weighted by Gasteiger charge is -2.21. The predicted molar refractivity (Wildman–Crippen MR) is 76.7 cm³/mol. The van der Waals surface area contributed by atoms with Gasteiger partial charge in [0, 0.05) is 6.04 Å². The smallest absolute Gasteiger partial charge is 0.133 e. The second kappa shape index (κ2) is 4.86. The Morgan fingerprint density at radius 1 is 1.33 bits per heavy atom. The van der Waals surface area contributed by atoms with Crippen molar-refractivity contribution in [3.05, 3.63) is 28.2 Å². The van der Waals surface area contributed by atoms with Crippen molar-refractivity contribution in [2.45, 2.75) is 31.7 Å². The van der Waals surface area contributed by atoms with Crippen LogP contribution in [0.1, 0.15) is 24.8 Å². The highest BCUT2D eigenvalue weighted by Crippen LogP contribution is 2.55. The van der Waals surface area contributed by atoms with Gasteiger partial charge in [0.2, 0.25) is 0 Å². The largest absolute Gasteiger partial charge is 0.496 e. The molecule has 0 heterocycles. The molecule has 2 N–H and O–H groups in total. The van der Waals surface area contributed by atoms with Crippen LogP contribution in [0, 0.1) is 17.8 Å². The maximum atomic E-state index is 6.37.